The number of carbonyl (C=O) groups is 2. The summed E-state index contributed by atoms with van der Waals surface area (Å²) in [5, 5.41) is 14.4. The van der Waals surface area contributed by atoms with Crippen LogP contribution in [0, 0.1) is 11.3 Å². The van der Waals surface area contributed by atoms with Gasteiger partial charge in [0.25, 0.3) is 5.91 Å². The minimum absolute atomic E-state index is 0.0188. The van der Waals surface area contributed by atoms with Crippen LogP contribution >= 0.6 is 11.3 Å². The van der Waals surface area contributed by atoms with Gasteiger partial charge in [-0.25, -0.2) is 0 Å². The van der Waals surface area contributed by atoms with Crippen LogP contribution in [-0.2, 0) is 20.7 Å². The Morgan fingerprint density at radius 2 is 2.19 bits per heavy atom. The van der Waals surface area contributed by atoms with E-state index in [-0.39, 0.29) is 6.42 Å². The molecular weight excluding hydrogens is 356 g/mol. The molecule has 0 saturated carbocycles. The summed E-state index contributed by atoms with van der Waals surface area (Å²) in [5.41, 5.74) is 1.64. The second kappa shape index (κ2) is 7.72. The Labute approximate surface area is 152 Å². The Balaban J connectivity index is 1.56. The van der Waals surface area contributed by atoms with Gasteiger partial charge in [-0.1, -0.05) is 0 Å². The molecule has 0 saturated heterocycles. The average Bonchev–Trinajstić information content (AvgIpc) is 3.26. The molecule has 0 aliphatic rings. The second-order valence-electron chi connectivity index (χ2n) is 5.28. The average molecular weight is 370 g/mol. The minimum atomic E-state index is -0.551. The summed E-state index contributed by atoms with van der Waals surface area (Å²) >= 11 is 1.23. The maximum atomic E-state index is 12.0. The Kier molecular flexibility index (Phi) is 5.20. The Bertz CT molecular complexity index is 999. The van der Waals surface area contributed by atoms with E-state index >= 15 is 0 Å². The largest absolute Gasteiger partial charge is 0.497 e. The fraction of sp³-hybridized carbons (Fsp3) is 0.167. The number of nitriles is 1. The van der Waals surface area contributed by atoms with Crippen LogP contribution in [0.1, 0.15) is 11.1 Å². The lowest BCUT2D eigenvalue weighted by Crippen LogP contribution is -2.21. The van der Waals surface area contributed by atoms with Crippen LogP contribution in [0.2, 0.25) is 0 Å². The number of hydrogen-bond acceptors (Lipinski definition) is 7. The van der Waals surface area contributed by atoms with Gasteiger partial charge in [0.1, 0.15) is 22.4 Å². The maximum absolute atomic E-state index is 12.0. The van der Waals surface area contributed by atoms with Gasteiger partial charge < -0.3 is 19.2 Å². The lowest BCUT2D eigenvalue weighted by Gasteiger charge is -2.05. The molecule has 0 bridgehead atoms. The number of furan rings is 1. The quantitative estimate of drug-likeness (QED) is 0.669. The summed E-state index contributed by atoms with van der Waals surface area (Å²) in [6, 6.07) is 8.87. The van der Waals surface area contributed by atoms with Gasteiger partial charge in [0.15, 0.2) is 6.61 Å². The molecule has 7 nitrogen and oxygen atoms in total. The molecule has 1 N–H and O–H groups in total. The first-order valence-electron chi connectivity index (χ1n) is 7.58. The summed E-state index contributed by atoms with van der Waals surface area (Å²) < 4.78 is 15.5. The van der Waals surface area contributed by atoms with Crippen molar-refractivity contribution in [3.05, 3.63) is 47.0 Å². The van der Waals surface area contributed by atoms with Crippen molar-refractivity contribution in [1.82, 2.24) is 0 Å². The molecule has 0 aliphatic heterocycles. The van der Waals surface area contributed by atoms with Gasteiger partial charge in [-0.05, 0) is 23.6 Å². The van der Waals surface area contributed by atoms with Gasteiger partial charge in [0.2, 0.25) is 0 Å². The number of rotatable bonds is 6. The molecule has 0 aliphatic carbocycles. The molecule has 0 fully saturated rings. The molecule has 2 heterocycles. The first-order chi connectivity index (χ1) is 12.6. The first kappa shape index (κ1) is 17.5. The number of ether oxygens (including phenoxy) is 2. The van der Waals surface area contributed by atoms with Crippen molar-refractivity contribution < 1.29 is 23.5 Å². The van der Waals surface area contributed by atoms with Crippen molar-refractivity contribution in [2.45, 2.75) is 6.42 Å². The number of anilines is 1. The van der Waals surface area contributed by atoms with Gasteiger partial charge in [0, 0.05) is 17.0 Å². The molecule has 3 rings (SSSR count). The molecule has 26 heavy (non-hydrogen) atoms. The van der Waals surface area contributed by atoms with Crippen LogP contribution in [0.5, 0.6) is 5.75 Å². The highest BCUT2D eigenvalue weighted by atomic mass is 32.1. The van der Waals surface area contributed by atoms with Gasteiger partial charge in [-0.3, -0.25) is 9.59 Å². The zero-order chi connectivity index (χ0) is 18.5. The van der Waals surface area contributed by atoms with Crippen LogP contribution in [0.3, 0.4) is 0 Å². The predicted molar refractivity (Wildman–Crippen MR) is 95.1 cm³/mol. The van der Waals surface area contributed by atoms with E-state index in [0.29, 0.717) is 27.5 Å². The Morgan fingerprint density at radius 1 is 1.35 bits per heavy atom. The standard InChI is InChI=1S/C18H14N2O5S/c1-23-13-2-3-14-12(9-24-15(14)7-13)6-17(22)25-10-16(21)20-18-11(8-19)4-5-26-18/h2-5,7,9H,6,10H2,1H3,(H,20,21). The van der Waals surface area contributed by atoms with Crippen LogP contribution in [0.4, 0.5) is 5.00 Å². The lowest BCUT2D eigenvalue weighted by molar-refractivity contribution is -0.146. The van der Waals surface area contributed by atoms with E-state index in [1.54, 1.807) is 36.8 Å². The molecule has 3 aromatic rings. The fourth-order valence-corrected chi connectivity index (χ4v) is 3.09. The molecule has 1 aromatic carbocycles. The van der Waals surface area contributed by atoms with E-state index in [1.165, 1.54) is 17.6 Å². The minimum Gasteiger partial charge on any atom is -0.497 e. The number of carbonyl (C=O) groups excluding carboxylic acids is 2. The fourth-order valence-electron chi connectivity index (χ4n) is 2.34. The van der Waals surface area contributed by atoms with Crippen molar-refractivity contribution in [1.29, 1.82) is 5.26 Å². The van der Waals surface area contributed by atoms with Crippen molar-refractivity contribution in [3.8, 4) is 11.8 Å². The smallest absolute Gasteiger partial charge is 0.310 e. The molecule has 8 heteroatoms. The molecular formula is C18H14N2O5S. The van der Waals surface area contributed by atoms with Crippen LogP contribution in [0.25, 0.3) is 11.0 Å². The molecule has 2 aromatic heterocycles. The molecule has 0 spiro atoms. The van der Waals surface area contributed by atoms with E-state index in [4.69, 9.17) is 19.2 Å². The van der Waals surface area contributed by atoms with E-state index in [1.807, 2.05) is 6.07 Å². The maximum Gasteiger partial charge on any atom is 0.310 e. The number of thiophene rings is 1. The monoisotopic (exact) mass is 370 g/mol. The van der Waals surface area contributed by atoms with E-state index in [9.17, 15) is 9.59 Å². The highest BCUT2D eigenvalue weighted by Crippen LogP contribution is 2.26. The summed E-state index contributed by atoms with van der Waals surface area (Å²) in [5.74, 6) is -0.396. The number of nitrogens with zero attached hydrogens (tertiary/aromatic N) is 1. The predicted octanol–water partition coefficient (Wildman–Crippen LogP) is 3.10. The summed E-state index contributed by atoms with van der Waals surface area (Å²) in [6.45, 7) is -0.425. The molecule has 0 unspecified atom stereocenters. The number of hydrogen-bond donors (Lipinski definition) is 1. The second-order valence-corrected chi connectivity index (χ2v) is 6.20. The van der Waals surface area contributed by atoms with Crippen LogP contribution < -0.4 is 10.1 Å². The van der Waals surface area contributed by atoms with Gasteiger partial charge >= 0.3 is 5.97 Å². The Hall–Kier alpha value is -3.31. The number of esters is 1. The van der Waals surface area contributed by atoms with E-state index in [0.717, 1.165) is 5.39 Å². The SMILES string of the molecule is COc1ccc2c(CC(=O)OCC(=O)Nc3sccc3C#N)coc2c1. The number of fused-ring (bicyclic) bond motifs is 1. The third-order valence-electron chi connectivity index (χ3n) is 3.60. The number of benzene rings is 1. The molecule has 1 amide bonds. The highest BCUT2D eigenvalue weighted by molar-refractivity contribution is 7.14. The van der Waals surface area contributed by atoms with Crippen molar-refractivity contribution in [2.75, 3.05) is 19.0 Å². The summed E-state index contributed by atoms with van der Waals surface area (Å²) in [7, 11) is 1.56. The van der Waals surface area contributed by atoms with Crippen molar-refractivity contribution >= 4 is 39.2 Å². The van der Waals surface area contributed by atoms with Gasteiger partial charge in [0.05, 0.1) is 25.4 Å². The van der Waals surface area contributed by atoms with E-state index < -0.39 is 18.5 Å². The third-order valence-corrected chi connectivity index (χ3v) is 4.43. The molecule has 0 atom stereocenters. The first-order valence-corrected chi connectivity index (χ1v) is 8.46. The van der Waals surface area contributed by atoms with Crippen molar-refractivity contribution in [3.63, 3.8) is 0 Å². The van der Waals surface area contributed by atoms with Gasteiger partial charge in [-0.2, -0.15) is 5.26 Å². The topological polar surface area (TPSA) is 102 Å². The zero-order valence-corrected chi connectivity index (χ0v) is 14.6. The summed E-state index contributed by atoms with van der Waals surface area (Å²) in [6.07, 6.45) is 1.46. The number of methoxy groups -OCH3 is 1. The number of nitrogens with one attached hydrogen (secondary N) is 1. The molecule has 132 valence electrons. The number of amides is 1. The highest BCUT2D eigenvalue weighted by Gasteiger charge is 2.14. The van der Waals surface area contributed by atoms with Gasteiger partial charge in [-0.15, -0.1) is 11.3 Å². The molecule has 0 radical (unpaired) electrons. The van der Waals surface area contributed by atoms with E-state index in [2.05, 4.69) is 5.32 Å². The summed E-state index contributed by atoms with van der Waals surface area (Å²) in [4.78, 5) is 23.8. The van der Waals surface area contributed by atoms with Crippen LogP contribution in [0.15, 0.2) is 40.3 Å². The third kappa shape index (κ3) is 3.84. The zero-order valence-electron chi connectivity index (χ0n) is 13.8. The Morgan fingerprint density at radius 3 is 2.96 bits per heavy atom. The normalized spacial score (nSPS) is 10.3. The van der Waals surface area contributed by atoms with Crippen molar-refractivity contribution in [2.24, 2.45) is 0 Å². The lowest BCUT2D eigenvalue weighted by atomic mass is 10.1. The van der Waals surface area contributed by atoms with Crippen LogP contribution in [-0.4, -0.2) is 25.6 Å².